The molecule has 27 heavy (non-hydrogen) atoms. The summed E-state index contributed by atoms with van der Waals surface area (Å²) in [6.45, 7) is 6.09. The van der Waals surface area contributed by atoms with Gasteiger partial charge in [0, 0.05) is 19.0 Å². The van der Waals surface area contributed by atoms with E-state index < -0.39 is 0 Å². The van der Waals surface area contributed by atoms with E-state index in [-0.39, 0.29) is 17.2 Å². The van der Waals surface area contributed by atoms with E-state index in [2.05, 4.69) is 53.5 Å². The van der Waals surface area contributed by atoms with E-state index in [4.69, 9.17) is 0 Å². The van der Waals surface area contributed by atoms with Crippen LogP contribution in [0.4, 0.5) is 0 Å². The number of amides is 1. The molecule has 4 rings (SSSR count). The van der Waals surface area contributed by atoms with Crippen LogP contribution in [0.5, 0.6) is 0 Å². The largest absolute Gasteiger partial charge is 0.352 e. The second-order valence-electron chi connectivity index (χ2n) is 8.27. The first-order chi connectivity index (χ1) is 13.2. The topological polar surface area (TPSA) is 32.3 Å². The number of nitrogens with zero attached hydrogens (tertiary/aromatic N) is 1. The monoisotopic (exact) mass is 362 g/mol. The summed E-state index contributed by atoms with van der Waals surface area (Å²) in [4.78, 5) is 15.1. The lowest BCUT2D eigenvalue weighted by Gasteiger charge is -2.32. The quantitative estimate of drug-likeness (QED) is 0.836. The zero-order chi connectivity index (χ0) is 18.7. The first-order valence-electron chi connectivity index (χ1n) is 10.3. The van der Waals surface area contributed by atoms with E-state index in [1.54, 1.807) is 0 Å². The van der Waals surface area contributed by atoms with Gasteiger partial charge in [-0.25, -0.2) is 0 Å². The summed E-state index contributed by atoms with van der Waals surface area (Å²) in [5, 5.41) is 3.14. The van der Waals surface area contributed by atoms with Gasteiger partial charge in [0.25, 0.3) is 0 Å². The Labute approximate surface area is 162 Å². The first-order valence-corrected chi connectivity index (χ1v) is 10.3. The normalized spacial score (nSPS) is 21.1. The molecule has 1 atom stereocenters. The van der Waals surface area contributed by atoms with Crippen LogP contribution in [0, 0.1) is 11.3 Å². The van der Waals surface area contributed by atoms with Gasteiger partial charge in [0.2, 0.25) is 5.91 Å². The molecule has 1 saturated heterocycles. The number of nitrogens with one attached hydrogen (secondary N) is 1. The van der Waals surface area contributed by atoms with Crippen LogP contribution >= 0.6 is 0 Å². The molecule has 1 unspecified atom stereocenters. The molecule has 1 N–H and O–H groups in total. The fourth-order valence-corrected chi connectivity index (χ4v) is 4.47. The molecule has 2 aliphatic rings. The molecule has 0 aromatic heterocycles. The number of hydrogen-bond acceptors (Lipinski definition) is 2. The van der Waals surface area contributed by atoms with E-state index in [1.807, 2.05) is 18.2 Å². The van der Waals surface area contributed by atoms with Crippen LogP contribution in [-0.2, 0) is 24.3 Å². The Kier molecular flexibility index (Phi) is 5.31. The van der Waals surface area contributed by atoms with E-state index >= 15 is 0 Å². The summed E-state index contributed by atoms with van der Waals surface area (Å²) in [6, 6.07) is 19.2. The van der Waals surface area contributed by atoms with Crippen LogP contribution in [0.3, 0.4) is 0 Å². The van der Waals surface area contributed by atoms with Crippen LogP contribution in [-0.4, -0.2) is 23.9 Å². The van der Waals surface area contributed by atoms with Crippen LogP contribution in [0.25, 0.3) is 0 Å². The minimum absolute atomic E-state index is 0.229. The molecule has 3 nitrogen and oxygen atoms in total. The van der Waals surface area contributed by atoms with E-state index in [1.165, 1.54) is 16.7 Å². The molecule has 0 radical (unpaired) electrons. The van der Waals surface area contributed by atoms with Gasteiger partial charge < -0.3 is 5.32 Å². The van der Waals surface area contributed by atoms with Crippen molar-refractivity contribution in [1.29, 1.82) is 0 Å². The van der Waals surface area contributed by atoms with Gasteiger partial charge in [0.15, 0.2) is 0 Å². The number of carbonyl (C=O) groups is 1. The lowest BCUT2D eigenvalue weighted by atomic mass is 9.90. The SMILES string of the molecule is CCc1ccc(CN2CCC3(CC2)CC3C(=O)NCc2ccccc2)cc1. The Morgan fingerprint density at radius 2 is 1.67 bits per heavy atom. The van der Waals surface area contributed by atoms with Gasteiger partial charge in [-0.05, 0) is 60.9 Å². The van der Waals surface area contributed by atoms with Gasteiger partial charge >= 0.3 is 0 Å². The summed E-state index contributed by atoms with van der Waals surface area (Å²) in [5.74, 6) is 0.481. The standard InChI is InChI=1S/C24H30N2O/c1-2-19-8-10-21(11-9-19)18-26-14-12-24(13-15-26)16-22(24)23(27)25-17-20-6-4-3-5-7-20/h3-11,22H,2,12-18H2,1H3,(H,25,27). The predicted octanol–water partition coefficient (Wildman–Crippen LogP) is 4.17. The number of aryl methyl sites for hydroxylation is 1. The minimum Gasteiger partial charge on any atom is -0.352 e. The fraction of sp³-hybridized carbons (Fsp3) is 0.458. The van der Waals surface area contributed by atoms with E-state index in [0.717, 1.165) is 45.3 Å². The smallest absolute Gasteiger partial charge is 0.223 e. The summed E-state index contributed by atoms with van der Waals surface area (Å²) < 4.78 is 0. The third-order valence-corrected chi connectivity index (χ3v) is 6.51. The second-order valence-corrected chi connectivity index (χ2v) is 8.27. The van der Waals surface area contributed by atoms with Crippen LogP contribution < -0.4 is 5.32 Å². The molecule has 2 aromatic carbocycles. The molecule has 1 aliphatic heterocycles. The van der Waals surface area contributed by atoms with Crippen molar-refractivity contribution < 1.29 is 4.79 Å². The van der Waals surface area contributed by atoms with Crippen molar-refractivity contribution in [3.63, 3.8) is 0 Å². The molecule has 1 amide bonds. The Hall–Kier alpha value is -2.13. The predicted molar refractivity (Wildman–Crippen MR) is 109 cm³/mol. The fourth-order valence-electron chi connectivity index (χ4n) is 4.47. The molecule has 2 fully saturated rings. The average molecular weight is 363 g/mol. The number of carbonyl (C=O) groups excluding carboxylic acids is 1. The molecule has 0 bridgehead atoms. The van der Waals surface area contributed by atoms with E-state index in [9.17, 15) is 4.79 Å². The Morgan fingerprint density at radius 3 is 2.33 bits per heavy atom. The highest BCUT2D eigenvalue weighted by Crippen LogP contribution is 2.59. The Balaban J connectivity index is 1.23. The third-order valence-electron chi connectivity index (χ3n) is 6.51. The molecular formula is C24H30N2O. The number of rotatable bonds is 6. The van der Waals surface area contributed by atoms with Crippen molar-refractivity contribution in [1.82, 2.24) is 10.2 Å². The van der Waals surface area contributed by atoms with Gasteiger partial charge in [-0.3, -0.25) is 9.69 Å². The zero-order valence-corrected chi connectivity index (χ0v) is 16.3. The van der Waals surface area contributed by atoms with Crippen molar-refractivity contribution in [2.75, 3.05) is 13.1 Å². The molecule has 1 aliphatic carbocycles. The molecule has 142 valence electrons. The van der Waals surface area contributed by atoms with Crippen molar-refractivity contribution in [2.24, 2.45) is 11.3 Å². The van der Waals surface area contributed by atoms with Crippen LogP contribution in [0.15, 0.2) is 54.6 Å². The molecule has 1 heterocycles. The van der Waals surface area contributed by atoms with Crippen molar-refractivity contribution in [3.05, 3.63) is 71.3 Å². The average Bonchev–Trinajstić information content (AvgIpc) is 3.43. The summed E-state index contributed by atoms with van der Waals surface area (Å²) in [5.41, 5.74) is 4.25. The van der Waals surface area contributed by atoms with Crippen molar-refractivity contribution >= 4 is 5.91 Å². The van der Waals surface area contributed by atoms with Gasteiger partial charge in [-0.1, -0.05) is 61.5 Å². The lowest BCUT2D eigenvalue weighted by Crippen LogP contribution is -2.36. The van der Waals surface area contributed by atoms with Crippen molar-refractivity contribution in [2.45, 2.75) is 45.7 Å². The molecule has 2 aromatic rings. The number of piperidine rings is 1. The Morgan fingerprint density at radius 1 is 1.00 bits per heavy atom. The number of benzene rings is 2. The maximum atomic E-state index is 12.6. The number of likely N-dealkylation sites (tertiary alicyclic amines) is 1. The van der Waals surface area contributed by atoms with Crippen molar-refractivity contribution in [3.8, 4) is 0 Å². The molecule has 1 spiro atoms. The highest BCUT2D eigenvalue weighted by Gasteiger charge is 2.58. The van der Waals surface area contributed by atoms with Gasteiger partial charge in [0.1, 0.15) is 0 Å². The van der Waals surface area contributed by atoms with Gasteiger partial charge in [-0.15, -0.1) is 0 Å². The Bertz CT molecular complexity index is 761. The molecule has 1 saturated carbocycles. The minimum atomic E-state index is 0.229. The maximum Gasteiger partial charge on any atom is 0.223 e. The zero-order valence-electron chi connectivity index (χ0n) is 16.3. The second kappa shape index (κ2) is 7.85. The van der Waals surface area contributed by atoms with Gasteiger partial charge in [-0.2, -0.15) is 0 Å². The third kappa shape index (κ3) is 4.24. The van der Waals surface area contributed by atoms with Gasteiger partial charge in [0.05, 0.1) is 0 Å². The first kappa shape index (κ1) is 18.2. The van der Waals surface area contributed by atoms with E-state index in [0.29, 0.717) is 6.54 Å². The van der Waals surface area contributed by atoms with Crippen LogP contribution in [0.2, 0.25) is 0 Å². The summed E-state index contributed by atoms with van der Waals surface area (Å²) in [6.07, 6.45) is 4.49. The maximum absolute atomic E-state index is 12.6. The highest BCUT2D eigenvalue weighted by atomic mass is 16.2. The molecule has 3 heteroatoms. The summed E-state index contributed by atoms with van der Waals surface area (Å²) in [7, 11) is 0. The number of hydrogen-bond donors (Lipinski definition) is 1. The lowest BCUT2D eigenvalue weighted by molar-refractivity contribution is -0.123. The highest BCUT2D eigenvalue weighted by molar-refractivity contribution is 5.82. The summed E-state index contributed by atoms with van der Waals surface area (Å²) >= 11 is 0. The molecular weight excluding hydrogens is 332 g/mol. The van der Waals surface area contributed by atoms with Crippen LogP contribution in [0.1, 0.15) is 42.9 Å².